The fourth-order valence-corrected chi connectivity index (χ4v) is 5.13. The minimum absolute atomic E-state index is 0.0669. The zero-order valence-corrected chi connectivity index (χ0v) is 26.2. The van der Waals surface area contributed by atoms with Crippen molar-refractivity contribution in [3.05, 3.63) is 99.0 Å². The first-order valence-electron chi connectivity index (χ1n) is 15.2. The number of nitrogen functional groups attached to an aromatic ring is 1. The molecule has 236 valence electrons. The van der Waals surface area contributed by atoms with Crippen molar-refractivity contribution < 1.29 is 23.0 Å². The first-order chi connectivity index (χ1) is 20.8. The van der Waals surface area contributed by atoms with Crippen LogP contribution in [-0.4, -0.2) is 35.1 Å². The molecule has 1 fully saturated rings. The number of nitrogens with zero attached hydrogens (tertiary/aromatic N) is 1. The van der Waals surface area contributed by atoms with Gasteiger partial charge in [0.05, 0.1) is 29.5 Å². The summed E-state index contributed by atoms with van der Waals surface area (Å²) in [5.74, 6) is -0.454. The highest BCUT2D eigenvalue weighted by atomic mass is 19.1. The summed E-state index contributed by atoms with van der Waals surface area (Å²) < 4.78 is 41.2. The van der Waals surface area contributed by atoms with Crippen molar-refractivity contribution in [2.45, 2.75) is 78.4 Å². The Morgan fingerprint density at radius 3 is 2.30 bits per heavy atom. The summed E-state index contributed by atoms with van der Waals surface area (Å²) in [7, 11) is 0. The van der Waals surface area contributed by atoms with Crippen molar-refractivity contribution in [2.75, 3.05) is 18.9 Å². The first-order valence-corrected chi connectivity index (χ1v) is 15.2. The van der Waals surface area contributed by atoms with Crippen LogP contribution in [-0.2, 0) is 4.74 Å². The normalized spacial score (nSPS) is 13.9. The summed E-state index contributed by atoms with van der Waals surface area (Å²) in [5.41, 5.74) is 6.95. The SMILES string of the molecule is CC(C)C[C@H](NCCCOc1ccc(-n2c(N)c(C(=O)c3ccc(F)cc3F)ccc2=O)cc1)C(OC(C)(C)C)=C1CCC1. The average molecular weight is 608 g/mol. The molecule has 0 spiro atoms. The summed E-state index contributed by atoms with van der Waals surface area (Å²) in [6.07, 6.45) is 5.20. The maximum Gasteiger partial charge on any atom is 0.256 e. The predicted molar refractivity (Wildman–Crippen MR) is 169 cm³/mol. The van der Waals surface area contributed by atoms with Gasteiger partial charge in [0, 0.05) is 12.1 Å². The molecule has 0 radical (unpaired) electrons. The van der Waals surface area contributed by atoms with Crippen LogP contribution in [0.4, 0.5) is 14.6 Å². The number of nitrogens with two attached hydrogens (primary N) is 1. The highest BCUT2D eigenvalue weighted by Gasteiger charge is 2.28. The Balaban J connectivity index is 1.38. The highest BCUT2D eigenvalue weighted by Crippen LogP contribution is 2.34. The number of rotatable bonds is 13. The van der Waals surface area contributed by atoms with Crippen LogP contribution in [0.1, 0.15) is 82.6 Å². The molecule has 44 heavy (non-hydrogen) atoms. The Hall–Kier alpha value is -3.98. The second kappa shape index (κ2) is 14.2. The Kier molecular flexibility index (Phi) is 10.6. The summed E-state index contributed by atoms with van der Waals surface area (Å²) >= 11 is 0. The van der Waals surface area contributed by atoms with Gasteiger partial charge < -0.3 is 20.5 Å². The van der Waals surface area contributed by atoms with Crippen molar-refractivity contribution >= 4 is 11.6 Å². The van der Waals surface area contributed by atoms with E-state index in [4.69, 9.17) is 15.2 Å². The van der Waals surface area contributed by atoms with Crippen LogP contribution in [0.5, 0.6) is 5.75 Å². The minimum Gasteiger partial charge on any atom is -0.494 e. The number of hydrogen-bond donors (Lipinski definition) is 2. The summed E-state index contributed by atoms with van der Waals surface area (Å²) in [6.45, 7) is 12.0. The molecule has 0 unspecified atom stereocenters. The number of nitrogens with one attached hydrogen (secondary N) is 1. The summed E-state index contributed by atoms with van der Waals surface area (Å²) in [5, 5.41) is 3.70. The molecule has 2 aromatic carbocycles. The van der Waals surface area contributed by atoms with Crippen LogP contribution < -0.4 is 21.3 Å². The molecule has 1 heterocycles. The lowest BCUT2D eigenvalue weighted by atomic mass is 9.87. The van der Waals surface area contributed by atoms with Gasteiger partial charge in [-0.15, -0.1) is 0 Å². The first kappa shape index (κ1) is 32.9. The molecular weight excluding hydrogens is 564 g/mol. The van der Waals surface area contributed by atoms with Crippen LogP contribution >= 0.6 is 0 Å². The molecule has 3 N–H and O–H groups in total. The Morgan fingerprint density at radius 2 is 1.70 bits per heavy atom. The van der Waals surface area contributed by atoms with Crippen LogP contribution in [0.2, 0.25) is 0 Å². The molecule has 1 aromatic heterocycles. The standard InChI is InChI=1S/C35H43F2N3O4/c1-22(2)20-30(33(23-8-6-9-23)44-35(3,4)5)39-18-7-19-43-26-13-11-25(12-14-26)40-31(41)17-16-28(34(40)38)32(42)27-15-10-24(36)21-29(27)37/h10-17,21-22,30,39H,6-9,18-20,38H2,1-5H3/t30-/m0/s1. The van der Waals surface area contributed by atoms with E-state index in [1.165, 1.54) is 28.7 Å². The van der Waals surface area contributed by atoms with E-state index in [0.717, 1.165) is 50.1 Å². The van der Waals surface area contributed by atoms with Crippen LogP contribution in [0.25, 0.3) is 5.69 Å². The van der Waals surface area contributed by atoms with Gasteiger partial charge >= 0.3 is 0 Å². The summed E-state index contributed by atoms with van der Waals surface area (Å²) in [6, 6.07) is 12.0. The summed E-state index contributed by atoms with van der Waals surface area (Å²) in [4.78, 5) is 25.7. The van der Waals surface area contributed by atoms with E-state index >= 15 is 0 Å². The zero-order chi connectivity index (χ0) is 32.0. The number of allylic oxidation sites excluding steroid dienone is 1. The van der Waals surface area contributed by atoms with Crippen molar-refractivity contribution in [3.63, 3.8) is 0 Å². The number of hydrogen-bond acceptors (Lipinski definition) is 6. The van der Waals surface area contributed by atoms with Gasteiger partial charge in [-0.2, -0.15) is 0 Å². The molecule has 1 atom stereocenters. The monoisotopic (exact) mass is 607 g/mol. The second-order valence-corrected chi connectivity index (χ2v) is 12.6. The largest absolute Gasteiger partial charge is 0.494 e. The lowest BCUT2D eigenvalue weighted by Gasteiger charge is -2.34. The molecule has 3 aromatic rings. The van der Waals surface area contributed by atoms with Crippen molar-refractivity contribution in [1.82, 2.24) is 9.88 Å². The quantitative estimate of drug-likeness (QED) is 0.124. The van der Waals surface area contributed by atoms with Crippen LogP contribution in [0, 0.1) is 17.6 Å². The third-order valence-electron chi connectivity index (χ3n) is 7.37. The molecule has 7 nitrogen and oxygen atoms in total. The molecule has 0 saturated heterocycles. The molecule has 1 aliphatic rings. The molecule has 4 rings (SSSR count). The maximum atomic E-state index is 14.3. The van der Waals surface area contributed by atoms with Gasteiger partial charge in [0.25, 0.3) is 5.56 Å². The fraction of sp³-hybridized carbons (Fsp3) is 0.429. The zero-order valence-electron chi connectivity index (χ0n) is 26.2. The van der Waals surface area contributed by atoms with E-state index in [2.05, 4.69) is 39.9 Å². The van der Waals surface area contributed by atoms with E-state index in [1.807, 2.05) is 0 Å². The molecule has 0 amide bonds. The molecule has 9 heteroatoms. The third-order valence-corrected chi connectivity index (χ3v) is 7.37. The average Bonchev–Trinajstić information content (AvgIpc) is 2.90. The van der Waals surface area contributed by atoms with Gasteiger partial charge in [-0.05, 0) is 113 Å². The van der Waals surface area contributed by atoms with Crippen molar-refractivity contribution in [3.8, 4) is 11.4 Å². The van der Waals surface area contributed by atoms with Gasteiger partial charge in [-0.3, -0.25) is 14.2 Å². The van der Waals surface area contributed by atoms with E-state index in [-0.39, 0.29) is 28.6 Å². The number of halogens is 2. The number of pyridine rings is 1. The number of ketones is 1. The van der Waals surface area contributed by atoms with E-state index in [9.17, 15) is 18.4 Å². The Labute approximate surface area is 258 Å². The third kappa shape index (κ3) is 8.34. The van der Waals surface area contributed by atoms with Crippen LogP contribution in [0.3, 0.4) is 0 Å². The number of anilines is 1. The van der Waals surface area contributed by atoms with Crippen molar-refractivity contribution in [1.29, 1.82) is 0 Å². The molecule has 0 aliphatic heterocycles. The molecule has 1 aliphatic carbocycles. The molecular formula is C35H43F2N3O4. The molecule has 1 saturated carbocycles. The van der Waals surface area contributed by atoms with E-state index < -0.39 is 23.0 Å². The smallest absolute Gasteiger partial charge is 0.256 e. The fourth-order valence-electron chi connectivity index (χ4n) is 5.13. The van der Waals surface area contributed by atoms with Gasteiger partial charge in [0.2, 0.25) is 0 Å². The minimum atomic E-state index is -1.01. The van der Waals surface area contributed by atoms with E-state index in [0.29, 0.717) is 30.0 Å². The van der Waals surface area contributed by atoms with Gasteiger partial charge in [0.1, 0.15) is 34.6 Å². The molecule has 0 bridgehead atoms. The number of ether oxygens (including phenoxy) is 2. The Morgan fingerprint density at radius 1 is 1.02 bits per heavy atom. The number of carbonyl (C=O) groups is 1. The lowest BCUT2D eigenvalue weighted by Crippen LogP contribution is -2.38. The number of carbonyl (C=O) groups excluding carboxylic acids is 1. The van der Waals surface area contributed by atoms with Crippen molar-refractivity contribution in [2.24, 2.45) is 5.92 Å². The lowest BCUT2D eigenvalue weighted by molar-refractivity contribution is 0.0322. The topological polar surface area (TPSA) is 95.6 Å². The van der Waals surface area contributed by atoms with Gasteiger partial charge in [-0.1, -0.05) is 13.8 Å². The number of aromatic nitrogens is 1. The highest BCUT2D eigenvalue weighted by molar-refractivity contribution is 6.11. The second-order valence-electron chi connectivity index (χ2n) is 12.6. The predicted octanol–water partition coefficient (Wildman–Crippen LogP) is 6.96. The van der Waals surface area contributed by atoms with Gasteiger partial charge in [-0.25, -0.2) is 8.78 Å². The van der Waals surface area contributed by atoms with E-state index in [1.54, 1.807) is 24.3 Å². The van der Waals surface area contributed by atoms with Crippen LogP contribution in [0.15, 0.2) is 70.7 Å². The maximum absolute atomic E-state index is 14.3. The van der Waals surface area contributed by atoms with Gasteiger partial charge in [0.15, 0.2) is 5.78 Å². The number of benzene rings is 2. The Bertz CT molecular complexity index is 1550.